The minimum atomic E-state index is -0.247. The van der Waals surface area contributed by atoms with Gasteiger partial charge in [-0.3, -0.25) is 4.79 Å². The summed E-state index contributed by atoms with van der Waals surface area (Å²) in [5.74, 6) is 1.47. The average molecular weight is 373 g/mol. The SMILES string of the molecule is CC[C@@H]1CC[C@@H](C(=O)CC2CCN(C(=O)OCc3ccccc3)CC2)NC1. The van der Waals surface area contributed by atoms with Gasteiger partial charge >= 0.3 is 6.09 Å². The van der Waals surface area contributed by atoms with Crippen LogP contribution in [0.3, 0.4) is 0 Å². The molecule has 2 fully saturated rings. The summed E-state index contributed by atoms with van der Waals surface area (Å²) in [5, 5.41) is 3.43. The van der Waals surface area contributed by atoms with Crippen LogP contribution in [-0.2, 0) is 16.1 Å². The second-order valence-corrected chi connectivity index (χ2v) is 7.95. The first-order valence-corrected chi connectivity index (χ1v) is 10.4. The first-order chi connectivity index (χ1) is 13.2. The molecule has 3 rings (SSSR count). The molecular weight excluding hydrogens is 340 g/mol. The van der Waals surface area contributed by atoms with E-state index in [1.54, 1.807) is 4.90 Å². The number of carbonyl (C=O) groups is 2. The highest BCUT2D eigenvalue weighted by atomic mass is 16.6. The zero-order valence-corrected chi connectivity index (χ0v) is 16.4. The Kier molecular flexibility index (Phi) is 7.27. The third-order valence-electron chi connectivity index (χ3n) is 6.05. The van der Waals surface area contributed by atoms with Gasteiger partial charge in [-0.2, -0.15) is 0 Å². The van der Waals surface area contributed by atoms with Crippen LogP contribution in [0.5, 0.6) is 0 Å². The predicted octanol–water partition coefficient (Wildman–Crippen LogP) is 3.77. The molecule has 1 amide bonds. The summed E-state index contributed by atoms with van der Waals surface area (Å²) in [5.41, 5.74) is 0.997. The molecular formula is C22H32N2O3. The average Bonchev–Trinajstić information content (AvgIpc) is 2.73. The predicted molar refractivity (Wildman–Crippen MR) is 105 cm³/mol. The van der Waals surface area contributed by atoms with E-state index in [9.17, 15) is 9.59 Å². The van der Waals surface area contributed by atoms with Crippen LogP contribution in [0.1, 0.15) is 51.0 Å². The highest BCUT2D eigenvalue weighted by molar-refractivity contribution is 5.84. The molecule has 148 valence electrons. The first-order valence-electron chi connectivity index (χ1n) is 10.4. The Bertz CT molecular complexity index is 603. The largest absolute Gasteiger partial charge is 0.445 e. The van der Waals surface area contributed by atoms with Gasteiger partial charge in [0.05, 0.1) is 6.04 Å². The first kappa shape index (κ1) is 19.9. The summed E-state index contributed by atoms with van der Waals surface area (Å²) in [6, 6.07) is 9.77. The summed E-state index contributed by atoms with van der Waals surface area (Å²) >= 11 is 0. The van der Waals surface area contributed by atoms with Gasteiger partial charge in [0, 0.05) is 19.5 Å². The Morgan fingerprint density at radius 2 is 1.81 bits per heavy atom. The van der Waals surface area contributed by atoms with Gasteiger partial charge in [0.25, 0.3) is 0 Å². The van der Waals surface area contributed by atoms with Crippen molar-refractivity contribution in [1.29, 1.82) is 0 Å². The number of piperidine rings is 2. The zero-order chi connectivity index (χ0) is 19.1. The lowest BCUT2D eigenvalue weighted by Crippen LogP contribution is -2.45. The number of hydrogen-bond donors (Lipinski definition) is 1. The third-order valence-corrected chi connectivity index (χ3v) is 6.05. The van der Waals surface area contributed by atoms with Crippen LogP contribution < -0.4 is 5.32 Å². The number of carbonyl (C=O) groups excluding carboxylic acids is 2. The molecule has 0 bridgehead atoms. The molecule has 5 nitrogen and oxygen atoms in total. The van der Waals surface area contributed by atoms with Gasteiger partial charge in [0.1, 0.15) is 12.4 Å². The highest BCUT2D eigenvalue weighted by Crippen LogP contribution is 2.24. The molecule has 0 saturated carbocycles. The van der Waals surface area contributed by atoms with Gasteiger partial charge in [0.15, 0.2) is 0 Å². The molecule has 5 heteroatoms. The molecule has 1 N–H and O–H groups in total. The van der Waals surface area contributed by atoms with E-state index in [0.29, 0.717) is 37.8 Å². The van der Waals surface area contributed by atoms with E-state index < -0.39 is 0 Å². The molecule has 27 heavy (non-hydrogen) atoms. The summed E-state index contributed by atoms with van der Waals surface area (Å²) in [6.07, 6.45) is 5.48. The van der Waals surface area contributed by atoms with E-state index in [-0.39, 0.29) is 12.1 Å². The molecule has 0 aliphatic carbocycles. The van der Waals surface area contributed by atoms with Crippen molar-refractivity contribution in [3.05, 3.63) is 35.9 Å². The quantitative estimate of drug-likeness (QED) is 0.826. The normalized spacial score (nSPS) is 23.8. The third kappa shape index (κ3) is 5.80. The second kappa shape index (κ2) is 9.88. The number of ether oxygens (including phenoxy) is 1. The Hall–Kier alpha value is -1.88. The number of nitrogens with zero attached hydrogens (tertiary/aromatic N) is 1. The molecule has 1 aromatic carbocycles. The summed E-state index contributed by atoms with van der Waals surface area (Å²) in [7, 11) is 0. The fourth-order valence-corrected chi connectivity index (χ4v) is 4.10. The number of amides is 1. The molecule has 2 aliphatic heterocycles. The lowest BCUT2D eigenvalue weighted by Gasteiger charge is -2.33. The fourth-order valence-electron chi connectivity index (χ4n) is 4.10. The van der Waals surface area contributed by atoms with Crippen molar-refractivity contribution in [1.82, 2.24) is 10.2 Å². The van der Waals surface area contributed by atoms with Crippen LogP contribution in [-0.4, -0.2) is 42.5 Å². The van der Waals surface area contributed by atoms with Crippen LogP contribution in [0.4, 0.5) is 4.79 Å². The van der Waals surface area contributed by atoms with Gasteiger partial charge in [-0.25, -0.2) is 4.79 Å². The molecule has 0 spiro atoms. The lowest BCUT2D eigenvalue weighted by atomic mass is 9.86. The van der Waals surface area contributed by atoms with Crippen LogP contribution in [0.2, 0.25) is 0 Å². The molecule has 0 radical (unpaired) electrons. The van der Waals surface area contributed by atoms with Crippen LogP contribution in [0.25, 0.3) is 0 Å². The Morgan fingerprint density at radius 1 is 1.07 bits per heavy atom. The molecule has 0 unspecified atom stereocenters. The highest BCUT2D eigenvalue weighted by Gasteiger charge is 2.29. The van der Waals surface area contributed by atoms with E-state index in [1.807, 2.05) is 30.3 Å². The molecule has 2 heterocycles. The summed E-state index contributed by atoms with van der Waals surface area (Å²) in [4.78, 5) is 26.6. The zero-order valence-electron chi connectivity index (χ0n) is 16.4. The van der Waals surface area contributed by atoms with Gasteiger partial charge in [-0.15, -0.1) is 0 Å². The van der Waals surface area contributed by atoms with E-state index in [0.717, 1.165) is 43.7 Å². The molecule has 2 atom stereocenters. The number of likely N-dealkylation sites (tertiary alicyclic amines) is 1. The topological polar surface area (TPSA) is 58.6 Å². The minimum Gasteiger partial charge on any atom is -0.445 e. The Balaban J connectivity index is 1.36. The van der Waals surface area contributed by atoms with Gasteiger partial charge in [0.2, 0.25) is 0 Å². The van der Waals surface area contributed by atoms with Crippen LogP contribution >= 0.6 is 0 Å². The number of ketones is 1. The maximum Gasteiger partial charge on any atom is 0.410 e. The van der Waals surface area contributed by atoms with E-state index in [1.165, 1.54) is 6.42 Å². The smallest absolute Gasteiger partial charge is 0.410 e. The minimum absolute atomic E-state index is 0.0432. The number of hydrogen-bond acceptors (Lipinski definition) is 4. The standard InChI is InChI=1S/C22H32N2O3/c1-2-17-8-9-20(23-15-17)21(25)14-18-10-12-24(13-11-18)22(26)27-16-19-6-4-3-5-7-19/h3-7,17-18,20,23H,2,8-16H2,1H3/t17-,20+/m1/s1. The Morgan fingerprint density at radius 3 is 2.44 bits per heavy atom. The Labute approximate surface area is 162 Å². The number of nitrogens with one attached hydrogen (secondary N) is 1. The van der Waals surface area contributed by atoms with Gasteiger partial charge in [-0.1, -0.05) is 43.7 Å². The van der Waals surface area contributed by atoms with Crippen molar-refractivity contribution in [3.63, 3.8) is 0 Å². The fraction of sp³-hybridized carbons (Fsp3) is 0.636. The molecule has 1 aromatic rings. The van der Waals surface area contributed by atoms with Crippen LogP contribution in [0.15, 0.2) is 30.3 Å². The van der Waals surface area contributed by atoms with Gasteiger partial charge in [-0.05, 0) is 49.6 Å². The van der Waals surface area contributed by atoms with E-state index in [2.05, 4.69) is 12.2 Å². The number of benzene rings is 1. The van der Waals surface area contributed by atoms with Gasteiger partial charge < -0.3 is 15.0 Å². The maximum absolute atomic E-state index is 12.6. The van der Waals surface area contributed by atoms with Crippen molar-refractivity contribution in [2.45, 2.75) is 58.1 Å². The molecule has 2 saturated heterocycles. The number of rotatable bonds is 6. The van der Waals surface area contributed by atoms with E-state index >= 15 is 0 Å². The van der Waals surface area contributed by atoms with E-state index in [4.69, 9.17) is 4.74 Å². The summed E-state index contributed by atoms with van der Waals surface area (Å²) in [6.45, 7) is 4.86. The van der Waals surface area contributed by atoms with Crippen molar-refractivity contribution < 1.29 is 14.3 Å². The monoisotopic (exact) mass is 372 g/mol. The van der Waals surface area contributed by atoms with Crippen molar-refractivity contribution >= 4 is 11.9 Å². The maximum atomic E-state index is 12.6. The summed E-state index contributed by atoms with van der Waals surface area (Å²) < 4.78 is 5.41. The van der Waals surface area contributed by atoms with Crippen LogP contribution in [0, 0.1) is 11.8 Å². The number of Topliss-reactive ketones (excluding diaryl/α,β-unsaturated/α-hetero) is 1. The van der Waals surface area contributed by atoms with Crippen molar-refractivity contribution in [2.75, 3.05) is 19.6 Å². The van der Waals surface area contributed by atoms with Crippen molar-refractivity contribution in [2.24, 2.45) is 11.8 Å². The second-order valence-electron chi connectivity index (χ2n) is 7.95. The molecule has 2 aliphatic rings. The molecule has 0 aromatic heterocycles. The lowest BCUT2D eigenvalue weighted by molar-refractivity contribution is -0.123. The van der Waals surface area contributed by atoms with Crippen molar-refractivity contribution in [3.8, 4) is 0 Å².